The topological polar surface area (TPSA) is 104 Å². The fraction of sp³-hybridized carbons (Fsp3) is 0.556. The van der Waals surface area contributed by atoms with Crippen LogP contribution < -0.4 is 5.73 Å². The highest BCUT2D eigenvalue weighted by atomic mass is 32.2. The molecule has 2 heterocycles. The van der Waals surface area contributed by atoms with E-state index in [1.807, 2.05) is 0 Å². The van der Waals surface area contributed by atoms with Gasteiger partial charge in [0.15, 0.2) is 0 Å². The van der Waals surface area contributed by atoms with Crippen LogP contribution in [0, 0.1) is 5.92 Å². The van der Waals surface area contributed by atoms with E-state index in [9.17, 15) is 9.59 Å². The Morgan fingerprint density at radius 3 is 2.75 bits per heavy atom. The molecule has 7 heteroatoms. The van der Waals surface area contributed by atoms with Crippen LogP contribution in [-0.2, 0) is 9.59 Å². The highest BCUT2D eigenvalue weighted by Gasteiger charge is 2.55. The summed E-state index contributed by atoms with van der Waals surface area (Å²) in [5.74, 6) is -1.99. The van der Waals surface area contributed by atoms with Crippen LogP contribution in [0.5, 0.6) is 0 Å². The van der Waals surface area contributed by atoms with Gasteiger partial charge in [-0.2, -0.15) is 0 Å². The molecule has 88 valence electrons. The second-order valence-electron chi connectivity index (χ2n) is 3.81. The number of thioether (sulfide) groups is 1. The standard InChI is InChI=1S/C9H12N2O4S/c1-3(10)6-5(9(14)15)11-7(13)4(2-12)8(11)16-6/h3-4,8,12H,2,10H2,1H3,(H,14,15)/t3-,4+,8-/m1/s1. The first-order valence-corrected chi connectivity index (χ1v) is 5.70. The average Bonchev–Trinajstić information content (AvgIpc) is 2.54. The van der Waals surface area contributed by atoms with Crippen molar-refractivity contribution in [3.05, 3.63) is 10.6 Å². The van der Waals surface area contributed by atoms with Gasteiger partial charge in [-0.3, -0.25) is 9.69 Å². The predicted octanol–water partition coefficient (Wildman–Crippen LogP) is -0.847. The molecule has 0 aromatic carbocycles. The number of carbonyl (C=O) groups excluding carboxylic acids is 1. The molecular formula is C9H12N2O4S. The lowest BCUT2D eigenvalue weighted by atomic mass is 9.98. The molecule has 0 aromatic rings. The summed E-state index contributed by atoms with van der Waals surface area (Å²) in [7, 11) is 0. The number of nitrogens with zero attached hydrogens (tertiary/aromatic N) is 1. The Hall–Kier alpha value is -1.05. The normalized spacial score (nSPS) is 30.2. The first kappa shape index (κ1) is 11.4. The number of hydrogen-bond acceptors (Lipinski definition) is 5. The number of aliphatic hydroxyl groups is 1. The van der Waals surface area contributed by atoms with Gasteiger partial charge in [-0.15, -0.1) is 11.8 Å². The molecule has 0 radical (unpaired) electrons. The van der Waals surface area contributed by atoms with E-state index in [0.29, 0.717) is 4.91 Å². The van der Waals surface area contributed by atoms with Crippen molar-refractivity contribution in [1.29, 1.82) is 0 Å². The van der Waals surface area contributed by atoms with Gasteiger partial charge in [-0.05, 0) is 6.92 Å². The number of aliphatic carboxylic acids is 1. The van der Waals surface area contributed by atoms with Crippen LogP contribution >= 0.6 is 11.8 Å². The molecule has 0 unspecified atom stereocenters. The first-order chi connectivity index (χ1) is 7.49. The summed E-state index contributed by atoms with van der Waals surface area (Å²) in [4.78, 5) is 24.4. The van der Waals surface area contributed by atoms with Gasteiger partial charge in [-0.1, -0.05) is 0 Å². The molecule has 4 N–H and O–H groups in total. The number of nitrogens with two attached hydrogens (primary N) is 1. The average molecular weight is 244 g/mol. The second-order valence-corrected chi connectivity index (χ2v) is 4.97. The summed E-state index contributed by atoms with van der Waals surface area (Å²) < 4.78 is 0. The van der Waals surface area contributed by atoms with Gasteiger partial charge in [0.1, 0.15) is 11.1 Å². The van der Waals surface area contributed by atoms with E-state index in [0.717, 1.165) is 0 Å². The van der Waals surface area contributed by atoms with Gasteiger partial charge in [0.2, 0.25) is 5.91 Å². The van der Waals surface area contributed by atoms with Crippen molar-refractivity contribution in [3.8, 4) is 0 Å². The summed E-state index contributed by atoms with van der Waals surface area (Å²) in [5, 5.41) is 17.7. The van der Waals surface area contributed by atoms with Gasteiger partial charge in [0, 0.05) is 10.9 Å². The quantitative estimate of drug-likeness (QED) is 0.559. The number of β-lactam (4-membered cyclic amide) rings is 1. The summed E-state index contributed by atoms with van der Waals surface area (Å²) in [6.07, 6.45) is 0. The molecular weight excluding hydrogens is 232 g/mol. The molecule has 6 nitrogen and oxygen atoms in total. The molecule has 1 saturated heterocycles. The number of carbonyl (C=O) groups is 2. The lowest BCUT2D eigenvalue weighted by Gasteiger charge is -2.41. The van der Waals surface area contributed by atoms with Crippen molar-refractivity contribution in [1.82, 2.24) is 4.90 Å². The summed E-state index contributed by atoms with van der Waals surface area (Å²) >= 11 is 1.26. The lowest BCUT2D eigenvalue weighted by Crippen LogP contribution is -2.58. The third kappa shape index (κ3) is 1.35. The zero-order valence-electron chi connectivity index (χ0n) is 8.58. The van der Waals surface area contributed by atoms with Crippen LogP contribution in [-0.4, -0.2) is 45.0 Å². The monoisotopic (exact) mass is 244 g/mol. The van der Waals surface area contributed by atoms with Crippen molar-refractivity contribution in [2.75, 3.05) is 6.61 Å². The van der Waals surface area contributed by atoms with Gasteiger partial charge in [0.05, 0.1) is 12.5 Å². The van der Waals surface area contributed by atoms with Gasteiger partial charge >= 0.3 is 5.97 Å². The summed E-state index contributed by atoms with van der Waals surface area (Å²) in [6, 6.07) is -0.422. The van der Waals surface area contributed by atoms with Crippen molar-refractivity contribution in [3.63, 3.8) is 0 Å². The first-order valence-electron chi connectivity index (χ1n) is 4.82. The van der Waals surface area contributed by atoms with Crippen LogP contribution in [0.2, 0.25) is 0 Å². The minimum atomic E-state index is -1.15. The molecule has 1 amide bonds. The zero-order chi connectivity index (χ0) is 12.0. The van der Waals surface area contributed by atoms with E-state index < -0.39 is 17.9 Å². The van der Waals surface area contributed by atoms with E-state index in [1.54, 1.807) is 6.92 Å². The Kier molecular flexibility index (Phi) is 2.69. The minimum Gasteiger partial charge on any atom is -0.477 e. The maximum absolute atomic E-state index is 11.6. The van der Waals surface area contributed by atoms with E-state index in [1.165, 1.54) is 16.7 Å². The van der Waals surface area contributed by atoms with Crippen LogP contribution in [0.25, 0.3) is 0 Å². The molecule has 1 fully saturated rings. The number of fused-ring (bicyclic) bond motifs is 1. The highest BCUT2D eigenvalue weighted by Crippen LogP contribution is 2.49. The fourth-order valence-corrected chi connectivity index (χ4v) is 3.35. The number of amides is 1. The molecule has 2 aliphatic heterocycles. The number of hydrogen-bond donors (Lipinski definition) is 3. The maximum atomic E-state index is 11.6. The van der Waals surface area contributed by atoms with Crippen LogP contribution in [0.4, 0.5) is 0 Å². The Balaban J connectivity index is 2.34. The van der Waals surface area contributed by atoms with Crippen molar-refractivity contribution < 1.29 is 19.8 Å². The molecule has 0 bridgehead atoms. The summed E-state index contributed by atoms with van der Waals surface area (Å²) in [6.45, 7) is 1.42. The molecule has 3 atom stereocenters. The van der Waals surface area contributed by atoms with Gasteiger partial charge < -0.3 is 15.9 Å². The second kappa shape index (κ2) is 3.76. The van der Waals surface area contributed by atoms with Crippen molar-refractivity contribution in [2.45, 2.75) is 18.3 Å². The van der Waals surface area contributed by atoms with E-state index >= 15 is 0 Å². The van der Waals surface area contributed by atoms with Gasteiger partial charge in [-0.25, -0.2) is 4.79 Å². The molecule has 2 rings (SSSR count). The van der Waals surface area contributed by atoms with Crippen molar-refractivity contribution >= 4 is 23.6 Å². The van der Waals surface area contributed by atoms with E-state index in [-0.39, 0.29) is 23.6 Å². The predicted molar refractivity (Wildman–Crippen MR) is 57.1 cm³/mol. The van der Waals surface area contributed by atoms with Crippen molar-refractivity contribution in [2.24, 2.45) is 11.7 Å². The maximum Gasteiger partial charge on any atom is 0.353 e. The van der Waals surface area contributed by atoms with E-state index in [2.05, 4.69) is 0 Å². The van der Waals surface area contributed by atoms with Crippen LogP contribution in [0.15, 0.2) is 10.6 Å². The smallest absolute Gasteiger partial charge is 0.353 e. The molecule has 0 aromatic heterocycles. The molecule has 0 spiro atoms. The number of rotatable bonds is 3. The third-order valence-corrected chi connectivity index (χ3v) is 4.29. The van der Waals surface area contributed by atoms with E-state index in [4.69, 9.17) is 15.9 Å². The number of carboxylic acids is 1. The van der Waals surface area contributed by atoms with Crippen LogP contribution in [0.3, 0.4) is 0 Å². The molecule has 0 saturated carbocycles. The zero-order valence-corrected chi connectivity index (χ0v) is 9.40. The lowest BCUT2D eigenvalue weighted by molar-refractivity contribution is -0.153. The Labute approximate surface area is 96.1 Å². The Bertz CT molecular complexity index is 393. The molecule has 2 aliphatic rings. The number of aliphatic hydroxyl groups excluding tert-OH is 1. The highest BCUT2D eigenvalue weighted by molar-refractivity contribution is 8.04. The Morgan fingerprint density at radius 1 is 1.69 bits per heavy atom. The minimum absolute atomic E-state index is 0.0281. The molecule has 16 heavy (non-hydrogen) atoms. The summed E-state index contributed by atoms with van der Waals surface area (Å²) in [5.41, 5.74) is 5.64. The van der Waals surface area contributed by atoms with Gasteiger partial charge in [0.25, 0.3) is 0 Å². The fourth-order valence-electron chi connectivity index (χ4n) is 1.90. The Morgan fingerprint density at radius 2 is 2.31 bits per heavy atom. The van der Waals surface area contributed by atoms with Crippen LogP contribution in [0.1, 0.15) is 6.92 Å². The molecule has 0 aliphatic carbocycles. The number of carboxylic acid groups (broad SMARTS) is 1. The SMILES string of the molecule is C[C@@H](N)C1=C(C(=O)O)N2C(=O)[C@H](CO)[C@H]2S1. The largest absolute Gasteiger partial charge is 0.477 e. The third-order valence-electron chi connectivity index (χ3n) is 2.69.